The summed E-state index contributed by atoms with van der Waals surface area (Å²) in [6.07, 6.45) is 4.34. The number of likely N-dealkylation sites (tertiary alicyclic amines) is 1. The Morgan fingerprint density at radius 1 is 1.32 bits per heavy atom. The monoisotopic (exact) mass is 304 g/mol. The molecule has 1 saturated heterocycles. The zero-order chi connectivity index (χ0) is 15.9. The minimum absolute atomic E-state index is 0.0116. The van der Waals surface area contributed by atoms with Crippen LogP contribution in [0.15, 0.2) is 18.2 Å². The standard InChI is InChI=1S/C18H28N2O2/c1-14-7-8-16(12-15(14)2)18(22)19-9-3-4-10-20-11-5-6-17(20)13-21/h7-8,12,17,21H,3-6,9-11,13H2,1-2H3,(H,19,22). The van der Waals surface area contributed by atoms with Gasteiger partial charge in [0.25, 0.3) is 5.91 Å². The first-order valence-corrected chi connectivity index (χ1v) is 8.32. The number of hydrogen-bond donors (Lipinski definition) is 2. The first-order valence-electron chi connectivity index (χ1n) is 8.32. The molecule has 22 heavy (non-hydrogen) atoms. The fourth-order valence-electron chi connectivity index (χ4n) is 3.02. The topological polar surface area (TPSA) is 52.6 Å². The predicted octanol–water partition coefficient (Wildman–Crippen LogP) is 2.27. The molecule has 2 rings (SSSR count). The van der Waals surface area contributed by atoms with Crippen LogP contribution in [0.4, 0.5) is 0 Å². The number of benzene rings is 1. The van der Waals surface area contributed by atoms with Gasteiger partial charge in [-0.15, -0.1) is 0 Å². The Morgan fingerprint density at radius 2 is 2.14 bits per heavy atom. The number of aliphatic hydroxyl groups excluding tert-OH is 1. The average Bonchev–Trinajstić information content (AvgIpc) is 2.97. The lowest BCUT2D eigenvalue weighted by molar-refractivity contribution is 0.0952. The summed E-state index contributed by atoms with van der Waals surface area (Å²) in [5.74, 6) is 0.0116. The molecule has 122 valence electrons. The van der Waals surface area contributed by atoms with Crippen molar-refractivity contribution in [2.45, 2.75) is 45.6 Å². The van der Waals surface area contributed by atoms with Gasteiger partial charge >= 0.3 is 0 Å². The van der Waals surface area contributed by atoms with Crippen molar-refractivity contribution in [1.82, 2.24) is 10.2 Å². The van der Waals surface area contributed by atoms with Crippen LogP contribution in [0.2, 0.25) is 0 Å². The summed E-state index contributed by atoms with van der Waals surface area (Å²) in [5.41, 5.74) is 3.10. The second-order valence-electron chi connectivity index (χ2n) is 6.28. The summed E-state index contributed by atoms with van der Waals surface area (Å²) < 4.78 is 0. The van der Waals surface area contributed by atoms with Crippen LogP contribution in [0.1, 0.15) is 47.2 Å². The van der Waals surface area contributed by atoms with Crippen LogP contribution in [0.5, 0.6) is 0 Å². The lowest BCUT2D eigenvalue weighted by Gasteiger charge is -2.22. The normalized spacial score (nSPS) is 18.6. The number of aliphatic hydroxyl groups is 1. The van der Waals surface area contributed by atoms with Crippen molar-refractivity contribution in [1.29, 1.82) is 0 Å². The number of hydrogen-bond acceptors (Lipinski definition) is 3. The number of unbranched alkanes of at least 4 members (excludes halogenated alkanes) is 1. The second kappa shape index (κ2) is 8.30. The average molecular weight is 304 g/mol. The van der Waals surface area contributed by atoms with Gasteiger partial charge in [0.2, 0.25) is 0 Å². The molecule has 1 amide bonds. The smallest absolute Gasteiger partial charge is 0.251 e. The Balaban J connectivity index is 1.66. The van der Waals surface area contributed by atoms with Crippen LogP contribution in [0, 0.1) is 13.8 Å². The van der Waals surface area contributed by atoms with Crippen molar-refractivity contribution in [2.75, 3.05) is 26.2 Å². The second-order valence-corrected chi connectivity index (χ2v) is 6.28. The molecule has 1 atom stereocenters. The molecule has 1 aliphatic heterocycles. The molecule has 4 heteroatoms. The minimum atomic E-state index is 0.0116. The largest absolute Gasteiger partial charge is 0.395 e. The van der Waals surface area contributed by atoms with Crippen LogP contribution in [-0.2, 0) is 0 Å². The fourth-order valence-corrected chi connectivity index (χ4v) is 3.02. The van der Waals surface area contributed by atoms with E-state index in [2.05, 4.69) is 17.1 Å². The first-order chi connectivity index (χ1) is 10.6. The van der Waals surface area contributed by atoms with E-state index < -0.39 is 0 Å². The van der Waals surface area contributed by atoms with Gasteiger partial charge in [-0.05, 0) is 75.9 Å². The van der Waals surface area contributed by atoms with Gasteiger partial charge in [0.05, 0.1) is 6.61 Å². The molecule has 1 aromatic carbocycles. The number of nitrogens with one attached hydrogen (secondary N) is 1. The van der Waals surface area contributed by atoms with Gasteiger partial charge in [-0.3, -0.25) is 9.69 Å². The molecule has 0 radical (unpaired) electrons. The Labute approximate surface area is 133 Å². The lowest BCUT2D eigenvalue weighted by Crippen LogP contribution is -2.33. The van der Waals surface area contributed by atoms with E-state index in [9.17, 15) is 9.90 Å². The lowest BCUT2D eigenvalue weighted by atomic mass is 10.1. The Morgan fingerprint density at radius 3 is 2.86 bits per heavy atom. The van der Waals surface area contributed by atoms with E-state index in [1.165, 1.54) is 12.0 Å². The Kier molecular flexibility index (Phi) is 6.40. The van der Waals surface area contributed by atoms with E-state index in [4.69, 9.17) is 0 Å². The maximum atomic E-state index is 12.1. The third-order valence-corrected chi connectivity index (χ3v) is 4.64. The molecular weight excluding hydrogens is 276 g/mol. The van der Waals surface area contributed by atoms with E-state index >= 15 is 0 Å². The van der Waals surface area contributed by atoms with E-state index in [1.807, 2.05) is 25.1 Å². The molecule has 0 saturated carbocycles. The van der Waals surface area contributed by atoms with E-state index in [0.29, 0.717) is 12.6 Å². The van der Waals surface area contributed by atoms with Crippen molar-refractivity contribution < 1.29 is 9.90 Å². The van der Waals surface area contributed by atoms with Crippen LogP contribution in [0.25, 0.3) is 0 Å². The van der Waals surface area contributed by atoms with Crippen LogP contribution >= 0.6 is 0 Å². The molecule has 0 spiro atoms. The molecule has 1 aromatic rings. The van der Waals surface area contributed by atoms with Gasteiger partial charge in [-0.1, -0.05) is 6.07 Å². The molecule has 0 aromatic heterocycles. The molecule has 1 fully saturated rings. The number of rotatable bonds is 7. The summed E-state index contributed by atoms with van der Waals surface area (Å²) >= 11 is 0. The Bertz CT molecular complexity index is 502. The molecule has 1 heterocycles. The van der Waals surface area contributed by atoms with Crippen LogP contribution in [-0.4, -0.2) is 48.2 Å². The highest BCUT2D eigenvalue weighted by molar-refractivity contribution is 5.94. The maximum Gasteiger partial charge on any atom is 0.251 e. The molecule has 1 unspecified atom stereocenters. The zero-order valence-electron chi connectivity index (χ0n) is 13.8. The summed E-state index contributed by atoms with van der Waals surface area (Å²) in [4.78, 5) is 14.4. The summed E-state index contributed by atoms with van der Waals surface area (Å²) in [7, 11) is 0. The quantitative estimate of drug-likeness (QED) is 0.760. The van der Waals surface area contributed by atoms with E-state index in [-0.39, 0.29) is 12.5 Å². The number of amides is 1. The number of carbonyl (C=O) groups excluding carboxylic acids is 1. The van der Waals surface area contributed by atoms with Crippen molar-refractivity contribution in [3.63, 3.8) is 0 Å². The van der Waals surface area contributed by atoms with Crippen LogP contribution in [0.3, 0.4) is 0 Å². The van der Waals surface area contributed by atoms with Gasteiger partial charge in [-0.25, -0.2) is 0 Å². The van der Waals surface area contributed by atoms with Gasteiger partial charge in [-0.2, -0.15) is 0 Å². The van der Waals surface area contributed by atoms with Gasteiger partial charge < -0.3 is 10.4 Å². The number of aryl methyl sites for hydroxylation is 2. The SMILES string of the molecule is Cc1ccc(C(=O)NCCCCN2CCCC2CO)cc1C. The van der Waals surface area contributed by atoms with E-state index in [0.717, 1.165) is 43.5 Å². The third-order valence-electron chi connectivity index (χ3n) is 4.64. The summed E-state index contributed by atoms with van der Waals surface area (Å²) in [5, 5.41) is 12.3. The first kappa shape index (κ1) is 17.0. The molecule has 4 nitrogen and oxygen atoms in total. The fraction of sp³-hybridized carbons (Fsp3) is 0.611. The highest BCUT2D eigenvalue weighted by Crippen LogP contribution is 2.16. The van der Waals surface area contributed by atoms with Crippen molar-refractivity contribution in [2.24, 2.45) is 0 Å². The highest BCUT2D eigenvalue weighted by Gasteiger charge is 2.22. The zero-order valence-corrected chi connectivity index (χ0v) is 13.8. The van der Waals surface area contributed by atoms with Gasteiger partial charge in [0, 0.05) is 18.2 Å². The van der Waals surface area contributed by atoms with Crippen molar-refractivity contribution >= 4 is 5.91 Å². The predicted molar refractivity (Wildman–Crippen MR) is 89.2 cm³/mol. The van der Waals surface area contributed by atoms with E-state index in [1.54, 1.807) is 0 Å². The van der Waals surface area contributed by atoms with Crippen molar-refractivity contribution in [3.8, 4) is 0 Å². The molecule has 2 N–H and O–H groups in total. The maximum absolute atomic E-state index is 12.1. The minimum Gasteiger partial charge on any atom is -0.395 e. The molecule has 0 aliphatic carbocycles. The third kappa shape index (κ3) is 4.55. The molecule has 1 aliphatic rings. The molecule has 0 bridgehead atoms. The van der Waals surface area contributed by atoms with Gasteiger partial charge in [0.15, 0.2) is 0 Å². The van der Waals surface area contributed by atoms with Crippen LogP contribution < -0.4 is 5.32 Å². The summed E-state index contributed by atoms with van der Waals surface area (Å²) in [6.45, 7) is 7.17. The van der Waals surface area contributed by atoms with Crippen molar-refractivity contribution in [3.05, 3.63) is 34.9 Å². The Hall–Kier alpha value is -1.39. The van der Waals surface area contributed by atoms with Gasteiger partial charge in [0.1, 0.15) is 0 Å². The highest BCUT2D eigenvalue weighted by atomic mass is 16.3. The molecular formula is C18H28N2O2. The number of nitrogens with zero attached hydrogens (tertiary/aromatic N) is 1. The number of carbonyl (C=O) groups is 1. The summed E-state index contributed by atoms with van der Waals surface area (Å²) in [6, 6.07) is 6.17.